The van der Waals surface area contributed by atoms with Gasteiger partial charge in [0.1, 0.15) is 35.1 Å². The predicted octanol–water partition coefficient (Wildman–Crippen LogP) is 14.9. The number of ether oxygens (including phenoxy) is 1. The van der Waals surface area contributed by atoms with Gasteiger partial charge in [-0.05, 0) is 106 Å². The van der Waals surface area contributed by atoms with Crippen molar-refractivity contribution < 1.29 is 9.15 Å². The number of hydrogen-bond acceptors (Lipinski definition) is 5. The number of hydrogen-bond donors (Lipinski definition) is 0. The van der Waals surface area contributed by atoms with Crippen LogP contribution in [0.5, 0.6) is 11.5 Å². The van der Waals surface area contributed by atoms with E-state index in [1.807, 2.05) is 18.3 Å². The fourth-order valence-electron chi connectivity index (χ4n) is 8.86. The molecule has 6 aromatic carbocycles. The molecule has 0 spiro atoms. The van der Waals surface area contributed by atoms with Crippen molar-refractivity contribution >= 4 is 55.7 Å². The van der Waals surface area contributed by atoms with Gasteiger partial charge in [0.2, 0.25) is 0 Å². The smallest absolute Gasteiger partial charge is 0.161 e. The lowest BCUT2D eigenvalue weighted by atomic mass is 9.78. The molecule has 1 aliphatic rings. The van der Waals surface area contributed by atoms with Gasteiger partial charge in [0, 0.05) is 45.9 Å². The summed E-state index contributed by atoms with van der Waals surface area (Å²) < 4.78 is 15.8. The van der Waals surface area contributed by atoms with Crippen LogP contribution in [0.3, 0.4) is 0 Å². The topological polar surface area (TPSA) is 46.7 Å². The molecular formula is C55H52N4O2. The van der Waals surface area contributed by atoms with Gasteiger partial charge in [0.05, 0.1) is 16.9 Å². The SMILES string of the molecule is CC(C)(C)c1cccc(N2CN(c3cc(Oc4ccc5c6oc7ccccc7c6n(-c6cc(C(C)(C)c7ccccc7)ccn6)c5c4)cc(C(C)(C)C)c3)c3ccccc32)c1. The summed E-state index contributed by atoms with van der Waals surface area (Å²) in [5.41, 5.74) is 12.9. The number of aromatic nitrogens is 2. The molecule has 6 nitrogen and oxygen atoms in total. The highest BCUT2D eigenvalue weighted by Gasteiger charge is 2.31. The maximum atomic E-state index is 6.96. The van der Waals surface area contributed by atoms with Gasteiger partial charge in [-0.2, -0.15) is 0 Å². The average molecular weight is 801 g/mol. The van der Waals surface area contributed by atoms with Crippen LogP contribution in [0.2, 0.25) is 0 Å². The summed E-state index contributed by atoms with van der Waals surface area (Å²) in [6, 6.07) is 53.9. The lowest BCUT2D eigenvalue weighted by Crippen LogP contribution is -2.25. The van der Waals surface area contributed by atoms with E-state index in [0.29, 0.717) is 6.67 Å². The number of rotatable bonds is 7. The van der Waals surface area contributed by atoms with Crippen molar-refractivity contribution in [2.75, 3.05) is 16.5 Å². The first-order valence-corrected chi connectivity index (χ1v) is 21.3. The van der Waals surface area contributed by atoms with Crippen LogP contribution in [0.1, 0.15) is 77.6 Å². The van der Waals surface area contributed by atoms with Crippen molar-refractivity contribution in [3.05, 3.63) is 180 Å². The van der Waals surface area contributed by atoms with Crippen molar-refractivity contribution in [2.45, 2.75) is 71.6 Å². The fraction of sp³-hybridized carbons (Fsp3) is 0.218. The molecule has 0 aliphatic carbocycles. The molecule has 10 rings (SSSR count). The fourth-order valence-corrected chi connectivity index (χ4v) is 8.86. The second-order valence-electron chi connectivity index (χ2n) is 19.0. The maximum Gasteiger partial charge on any atom is 0.161 e. The Kier molecular flexibility index (Phi) is 8.92. The molecule has 304 valence electrons. The molecule has 0 unspecified atom stereocenters. The highest BCUT2D eigenvalue weighted by atomic mass is 16.5. The molecule has 1 aliphatic heterocycles. The Hall–Kier alpha value is -6.79. The van der Waals surface area contributed by atoms with Gasteiger partial charge < -0.3 is 19.0 Å². The number of benzene rings is 6. The van der Waals surface area contributed by atoms with E-state index in [4.69, 9.17) is 14.1 Å². The molecule has 9 aromatic rings. The van der Waals surface area contributed by atoms with Gasteiger partial charge in [-0.25, -0.2) is 4.98 Å². The first-order valence-electron chi connectivity index (χ1n) is 21.3. The van der Waals surface area contributed by atoms with Crippen LogP contribution in [0.15, 0.2) is 162 Å². The first-order chi connectivity index (χ1) is 29.2. The number of para-hydroxylation sites is 3. The lowest BCUT2D eigenvalue weighted by molar-refractivity contribution is 0.479. The number of nitrogens with zero attached hydrogens (tertiary/aromatic N) is 4. The van der Waals surface area contributed by atoms with E-state index >= 15 is 0 Å². The van der Waals surface area contributed by atoms with Crippen molar-refractivity contribution in [3.8, 4) is 17.3 Å². The summed E-state index contributed by atoms with van der Waals surface area (Å²) in [6.07, 6.45) is 1.92. The van der Waals surface area contributed by atoms with Crippen molar-refractivity contribution in [1.29, 1.82) is 0 Å². The lowest BCUT2D eigenvalue weighted by Gasteiger charge is -2.27. The zero-order chi connectivity index (χ0) is 42.3. The molecule has 0 saturated carbocycles. The summed E-state index contributed by atoms with van der Waals surface area (Å²) in [5.74, 6) is 2.34. The zero-order valence-corrected chi connectivity index (χ0v) is 36.3. The number of pyridine rings is 1. The third-order valence-electron chi connectivity index (χ3n) is 12.5. The van der Waals surface area contributed by atoms with E-state index < -0.39 is 0 Å². The first kappa shape index (κ1) is 38.4. The van der Waals surface area contributed by atoms with Crippen LogP contribution in [0.25, 0.3) is 38.8 Å². The van der Waals surface area contributed by atoms with E-state index in [2.05, 4.69) is 209 Å². The van der Waals surface area contributed by atoms with Gasteiger partial charge in [0.15, 0.2) is 5.58 Å². The Labute approximate surface area is 358 Å². The summed E-state index contributed by atoms with van der Waals surface area (Å²) in [4.78, 5) is 9.84. The van der Waals surface area contributed by atoms with Crippen LogP contribution in [-0.2, 0) is 16.2 Å². The van der Waals surface area contributed by atoms with Gasteiger partial charge in [0.25, 0.3) is 0 Å². The standard InChI is InChI=1S/C55H52N4O2/c1-53(2,3)37-19-16-20-40(29-37)57-35-58(47-23-14-13-22-46(47)57)41-30-39(54(4,5)6)31-43(33-41)60-42-25-26-44-48(34-42)59(51-45-21-12-15-24-49(45)61-52(44)51)50-32-38(27-28-56-50)55(7,8)36-17-10-9-11-18-36/h9-34H,35H2,1-8H3. The largest absolute Gasteiger partial charge is 0.457 e. The quantitative estimate of drug-likeness (QED) is 0.161. The summed E-state index contributed by atoms with van der Waals surface area (Å²) in [5, 5.41) is 2.04. The Bertz CT molecular complexity index is 3100. The summed E-state index contributed by atoms with van der Waals surface area (Å²) in [7, 11) is 0. The third kappa shape index (κ3) is 6.71. The Morgan fingerprint density at radius 2 is 1.20 bits per heavy atom. The average Bonchev–Trinajstić information content (AvgIpc) is 3.92. The summed E-state index contributed by atoms with van der Waals surface area (Å²) >= 11 is 0. The van der Waals surface area contributed by atoms with Gasteiger partial charge in [-0.1, -0.05) is 122 Å². The highest BCUT2D eigenvalue weighted by Crippen LogP contribution is 2.47. The molecular weight excluding hydrogens is 749 g/mol. The molecule has 0 fully saturated rings. The van der Waals surface area contributed by atoms with Crippen LogP contribution < -0.4 is 14.5 Å². The van der Waals surface area contributed by atoms with Gasteiger partial charge in [-0.3, -0.25) is 4.57 Å². The predicted molar refractivity (Wildman–Crippen MR) is 253 cm³/mol. The Balaban J connectivity index is 1.08. The maximum absolute atomic E-state index is 6.96. The molecule has 4 heterocycles. The molecule has 0 bridgehead atoms. The van der Waals surface area contributed by atoms with E-state index in [0.717, 1.165) is 56.0 Å². The van der Waals surface area contributed by atoms with E-state index in [9.17, 15) is 0 Å². The Morgan fingerprint density at radius 1 is 0.525 bits per heavy atom. The molecule has 0 atom stereocenters. The van der Waals surface area contributed by atoms with E-state index in [-0.39, 0.29) is 16.2 Å². The highest BCUT2D eigenvalue weighted by molar-refractivity contribution is 6.16. The molecule has 0 N–H and O–H groups in total. The van der Waals surface area contributed by atoms with Crippen LogP contribution in [0, 0.1) is 0 Å². The molecule has 6 heteroatoms. The number of anilines is 4. The normalized spacial score (nSPS) is 13.4. The van der Waals surface area contributed by atoms with Crippen molar-refractivity contribution in [2.24, 2.45) is 0 Å². The number of furan rings is 1. The molecule has 3 aromatic heterocycles. The zero-order valence-electron chi connectivity index (χ0n) is 36.3. The van der Waals surface area contributed by atoms with Crippen LogP contribution >= 0.6 is 0 Å². The van der Waals surface area contributed by atoms with Crippen molar-refractivity contribution in [1.82, 2.24) is 9.55 Å². The molecule has 0 saturated heterocycles. The Morgan fingerprint density at radius 3 is 1.95 bits per heavy atom. The van der Waals surface area contributed by atoms with Crippen molar-refractivity contribution in [3.63, 3.8) is 0 Å². The third-order valence-corrected chi connectivity index (χ3v) is 12.5. The molecule has 0 amide bonds. The minimum absolute atomic E-state index is 0.0460. The minimum atomic E-state index is -0.243. The molecule has 61 heavy (non-hydrogen) atoms. The molecule has 0 radical (unpaired) electrons. The van der Waals surface area contributed by atoms with Crippen LogP contribution in [0.4, 0.5) is 22.7 Å². The van der Waals surface area contributed by atoms with E-state index in [1.54, 1.807) is 0 Å². The van der Waals surface area contributed by atoms with Gasteiger partial charge in [-0.15, -0.1) is 0 Å². The monoisotopic (exact) mass is 800 g/mol. The van der Waals surface area contributed by atoms with Crippen LogP contribution in [-0.4, -0.2) is 16.2 Å². The minimum Gasteiger partial charge on any atom is -0.457 e. The second-order valence-corrected chi connectivity index (χ2v) is 19.0. The second kappa shape index (κ2) is 14.2. The summed E-state index contributed by atoms with van der Waals surface area (Å²) in [6.45, 7) is 18.8. The van der Waals surface area contributed by atoms with Gasteiger partial charge >= 0.3 is 0 Å². The van der Waals surface area contributed by atoms with E-state index in [1.165, 1.54) is 39.3 Å². The number of fused-ring (bicyclic) bond motifs is 6.